The lowest BCUT2D eigenvalue weighted by molar-refractivity contribution is -0.357. The van der Waals surface area contributed by atoms with Crippen molar-refractivity contribution in [3.05, 3.63) is 11.6 Å². The van der Waals surface area contributed by atoms with Crippen molar-refractivity contribution in [3.63, 3.8) is 0 Å². The molecule has 2 saturated heterocycles. The number of aliphatic hydroxyl groups excluding tert-OH is 8. The molecule has 2 heterocycles. The number of fused-ring (bicyclic) bond motifs is 7. The summed E-state index contributed by atoms with van der Waals surface area (Å²) >= 11 is 0. The number of ether oxygens (including phenoxy) is 5. The molecule has 0 radical (unpaired) electrons. The summed E-state index contributed by atoms with van der Waals surface area (Å²) in [4.78, 5) is 26.2. The zero-order chi connectivity index (χ0) is 42.5. The quantitative estimate of drug-likeness (QED) is 0.0923. The van der Waals surface area contributed by atoms with Crippen LogP contribution in [-0.4, -0.2) is 152 Å². The molecule has 0 spiro atoms. The maximum atomic E-state index is 13.2. The van der Waals surface area contributed by atoms with Gasteiger partial charge in [-0.15, -0.1) is 0 Å². The molecule has 16 heteroatoms. The highest BCUT2D eigenvalue weighted by molar-refractivity contribution is 5.80. The average Bonchev–Trinajstić information content (AvgIpc) is 3.18. The molecular formula is C42H66O16. The van der Waals surface area contributed by atoms with E-state index in [0.29, 0.717) is 51.4 Å². The number of carboxylic acid groups (broad SMARTS) is 1. The molecule has 2 aliphatic heterocycles. The van der Waals surface area contributed by atoms with Crippen LogP contribution in [0.1, 0.15) is 92.4 Å². The molecule has 20 atom stereocenters. The normalized spacial score (nSPS) is 54.2. The Labute approximate surface area is 339 Å². The highest BCUT2D eigenvalue weighted by Gasteiger charge is 2.71. The first-order valence-corrected chi connectivity index (χ1v) is 21.0. The number of allylic oxidation sites excluding steroid dienone is 2. The molecule has 0 bridgehead atoms. The lowest BCUT2D eigenvalue weighted by Gasteiger charge is -2.71. The fourth-order valence-electron chi connectivity index (χ4n) is 13.8. The smallest absolute Gasteiger partial charge is 0.311 e. The van der Waals surface area contributed by atoms with Crippen LogP contribution in [0.5, 0.6) is 0 Å². The van der Waals surface area contributed by atoms with Crippen LogP contribution in [0.4, 0.5) is 0 Å². The molecule has 16 nitrogen and oxygen atoms in total. The summed E-state index contributed by atoms with van der Waals surface area (Å²) in [6.45, 7) is 9.16. The SMILES string of the molecule is COC(=O)[C@@]1(C)CC[C@]2(C(=O)O)CC[C@@]3(C)C(=CCC4[C@@]5(C)C[C@H](O)[C@H](O[C@@H]6OCC(O[C@@H]7O[C@H](CO)C(O)[C@H](O)C7O)[C@H](O)C6O)[C@@](C)(CO)C5CC[C@]43C)C2C1. The second-order valence-electron chi connectivity index (χ2n) is 20.1. The Bertz CT molecular complexity index is 1610. The minimum absolute atomic E-state index is 0.0422. The van der Waals surface area contributed by atoms with Crippen molar-refractivity contribution in [2.24, 2.45) is 50.2 Å². The van der Waals surface area contributed by atoms with Crippen LogP contribution in [-0.2, 0) is 33.3 Å². The van der Waals surface area contributed by atoms with Gasteiger partial charge < -0.3 is 69.6 Å². The van der Waals surface area contributed by atoms with Crippen LogP contribution in [0.15, 0.2) is 11.6 Å². The van der Waals surface area contributed by atoms with Gasteiger partial charge in [-0.3, -0.25) is 9.59 Å². The summed E-state index contributed by atoms with van der Waals surface area (Å²) < 4.78 is 28.5. The molecule has 7 unspecified atom stereocenters. The van der Waals surface area contributed by atoms with Crippen LogP contribution in [0.2, 0.25) is 0 Å². The fourth-order valence-corrected chi connectivity index (χ4v) is 13.8. The van der Waals surface area contributed by atoms with Gasteiger partial charge in [0.1, 0.15) is 42.7 Å². The van der Waals surface area contributed by atoms with Gasteiger partial charge in [0.25, 0.3) is 0 Å². The number of carboxylic acids is 1. The van der Waals surface area contributed by atoms with Gasteiger partial charge in [0.2, 0.25) is 0 Å². The first-order valence-electron chi connectivity index (χ1n) is 21.0. The predicted molar refractivity (Wildman–Crippen MR) is 201 cm³/mol. The highest BCUT2D eigenvalue weighted by Crippen LogP contribution is 2.76. The second kappa shape index (κ2) is 15.2. The van der Waals surface area contributed by atoms with Crippen molar-refractivity contribution in [3.8, 4) is 0 Å². The molecule has 7 rings (SSSR count). The Hall–Kier alpha value is -1.80. The Kier molecular flexibility index (Phi) is 11.6. The van der Waals surface area contributed by atoms with E-state index in [-0.39, 0.29) is 47.8 Å². The number of aliphatic hydroxyl groups is 8. The first kappa shape index (κ1) is 44.3. The van der Waals surface area contributed by atoms with Gasteiger partial charge in [-0.25, -0.2) is 0 Å². The van der Waals surface area contributed by atoms with Crippen LogP contribution in [0.3, 0.4) is 0 Å². The number of carbonyl (C=O) groups is 2. The van der Waals surface area contributed by atoms with E-state index in [9.17, 15) is 55.5 Å². The zero-order valence-corrected chi connectivity index (χ0v) is 34.5. The molecule has 9 N–H and O–H groups in total. The Morgan fingerprint density at radius 1 is 0.810 bits per heavy atom. The minimum atomic E-state index is -1.73. The second-order valence-corrected chi connectivity index (χ2v) is 20.1. The molecule has 6 fully saturated rings. The van der Waals surface area contributed by atoms with E-state index in [0.717, 1.165) is 12.0 Å². The molecule has 58 heavy (non-hydrogen) atoms. The van der Waals surface area contributed by atoms with Gasteiger partial charge in [-0.05, 0) is 98.7 Å². The lowest BCUT2D eigenvalue weighted by atomic mass is 9.33. The monoisotopic (exact) mass is 826 g/mol. The summed E-state index contributed by atoms with van der Waals surface area (Å²) in [7, 11) is 1.38. The zero-order valence-electron chi connectivity index (χ0n) is 34.5. The van der Waals surface area contributed by atoms with E-state index < -0.39 is 102 Å². The van der Waals surface area contributed by atoms with Crippen LogP contribution < -0.4 is 0 Å². The molecular weight excluding hydrogens is 760 g/mol. The van der Waals surface area contributed by atoms with E-state index in [4.69, 9.17) is 23.7 Å². The maximum Gasteiger partial charge on any atom is 0.311 e. The fraction of sp³-hybridized carbons (Fsp3) is 0.905. The Morgan fingerprint density at radius 2 is 1.48 bits per heavy atom. The van der Waals surface area contributed by atoms with Crippen molar-refractivity contribution in [1.82, 2.24) is 0 Å². The Morgan fingerprint density at radius 3 is 2.12 bits per heavy atom. The van der Waals surface area contributed by atoms with Gasteiger partial charge in [-0.1, -0.05) is 39.3 Å². The van der Waals surface area contributed by atoms with Crippen LogP contribution >= 0.6 is 0 Å². The van der Waals surface area contributed by atoms with Crippen molar-refractivity contribution >= 4 is 11.9 Å². The molecule has 7 aliphatic rings. The summed E-state index contributed by atoms with van der Waals surface area (Å²) in [5, 5.41) is 96.7. The molecule has 5 aliphatic carbocycles. The topological polar surface area (TPSA) is 262 Å². The highest BCUT2D eigenvalue weighted by atomic mass is 16.7. The number of methoxy groups -OCH3 is 1. The third-order valence-electron chi connectivity index (χ3n) is 17.4. The maximum absolute atomic E-state index is 13.2. The molecule has 0 amide bonds. The molecule has 0 aromatic carbocycles. The largest absolute Gasteiger partial charge is 0.481 e. The van der Waals surface area contributed by atoms with Crippen LogP contribution in [0.25, 0.3) is 0 Å². The number of esters is 1. The third-order valence-corrected chi connectivity index (χ3v) is 17.4. The molecule has 4 saturated carbocycles. The van der Waals surface area contributed by atoms with Gasteiger partial charge in [0.15, 0.2) is 12.6 Å². The average molecular weight is 827 g/mol. The van der Waals surface area contributed by atoms with Gasteiger partial charge in [0, 0.05) is 5.41 Å². The summed E-state index contributed by atoms with van der Waals surface area (Å²) in [5.74, 6) is -1.57. The number of rotatable bonds is 8. The van der Waals surface area contributed by atoms with Crippen molar-refractivity contribution in [1.29, 1.82) is 0 Å². The number of hydrogen-bond acceptors (Lipinski definition) is 15. The minimum Gasteiger partial charge on any atom is -0.481 e. The predicted octanol–water partition coefficient (Wildman–Crippen LogP) is 0.617. The van der Waals surface area contributed by atoms with Crippen molar-refractivity contribution < 1.29 is 79.2 Å². The lowest BCUT2D eigenvalue weighted by Crippen LogP contribution is -2.69. The standard InChI is InChI=1S/C42H66O16/c1-37(36(53)54-6)11-13-42(35(51)52)14-12-40(4)20(21(42)15-37)7-8-26-38(2)16-22(45)32(39(3,19-44)25(38)9-10-41(26,40)5)58-33-30(49)28(47)24(18-55-33)57-34-31(50)29(48)27(46)23(17-43)56-34/h7,21-34,43-50H,8-19H2,1-6H3,(H,51,52)/t21?,22-,23+,24?,25?,26?,27?,28-,29-,30?,31?,32-,33-,34-,37-,38-,39-,40-,41+,42-/m0/s1. The summed E-state index contributed by atoms with van der Waals surface area (Å²) in [5.41, 5.74) is -2.86. The van der Waals surface area contributed by atoms with E-state index in [1.165, 1.54) is 7.11 Å². The summed E-state index contributed by atoms with van der Waals surface area (Å²) in [6, 6.07) is 0. The number of aliphatic carboxylic acids is 1. The summed E-state index contributed by atoms with van der Waals surface area (Å²) in [6.07, 6.45) is -8.96. The number of hydrogen-bond donors (Lipinski definition) is 9. The van der Waals surface area contributed by atoms with Gasteiger partial charge in [-0.2, -0.15) is 0 Å². The third kappa shape index (κ3) is 6.29. The van der Waals surface area contributed by atoms with Crippen LogP contribution in [0, 0.1) is 50.2 Å². The van der Waals surface area contributed by atoms with Gasteiger partial charge in [0.05, 0.1) is 50.0 Å². The van der Waals surface area contributed by atoms with E-state index in [1.807, 2.05) is 13.8 Å². The van der Waals surface area contributed by atoms with E-state index >= 15 is 0 Å². The van der Waals surface area contributed by atoms with Gasteiger partial charge >= 0.3 is 11.9 Å². The first-order chi connectivity index (χ1) is 27.1. The number of carbonyl (C=O) groups excluding carboxylic acids is 1. The van der Waals surface area contributed by atoms with E-state index in [1.54, 1.807) is 0 Å². The molecule has 0 aromatic heterocycles. The van der Waals surface area contributed by atoms with Crippen molar-refractivity contribution in [2.75, 3.05) is 26.9 Å². The van der Waals surface area contributed by atoms with E-state index in [2.05, 4.69) is 26.8 Å². The molecule has 330 valence electrons. The molecule has 0 aromatic rings. The Balaban J connectivity index is 1.11. The van der Waals surface area contributed by atoms with Crippen molar-refractivity contribution in [2.45, 2.75) is 160 Å².